The van der Waals surface area contributed by atoms with Crippen LogP contribution in [0.25, 0.3) is 11.4 Å². The maximum absolute atomic E-state index is 12.4. The predicted octanol–water partition coefficient (Wildman–Crippen LogP) is 3.04. The molecule has 2 aromatic rings. The molecule has 2 heterocycles. The molecule has 1 aromatic carbocycles. The number of hydrogen-bond acceptors (Lipinski definition) is 5. The first-order chi connectivity index (χ1) is 12.3. The molecule has 132 valence electrons. The number of likely N-dealkylation sites (tertiary alicyclic amines) is 1. The van der Waals surface area contributed by atoms with Crippen molar-refractivity contribution in [2.75, 3.05) is 13.1 Å². The summed E-state index contributed by atoms with van der Waals surface area (Å²) in [5.74, 6) is 1.61. The Morgan fingerprint density at radius 2 is 2.04 bits per heavy atom. The third-order valence-corrected chi connectivity index (χ3v) is 5.09. The zero-order valence-corrected chi connectivity index (χ0v) is 14.3. The lowest BCUT2D eigenvalue weighted by Gasteiger charge is -2.36. The molecule has 0 N–H and O–H groups in total. The summed E-state index contributed by atoms with van der Waals surface area (Å²) in [5, 5.41) is 4.00. The lowest BCUT2D eigenvalue weighted by molar-refractivity contribution is -0.142. The van der Waals surface area contributed by atoms with E-state index in [2.05, 4.69) is 10.1 Å². The van der Waals surface area contributed by atoms with Crippen molar-refractivity contribution >= 4 is 5.91 Å². The Morgan fingerprint density at radius 3 is 2.80 bits per heavy atom. The van der Waals surface area contributed by atoms with Gasteiger partial charge in [-0.25, -0.2) is 0 Å². The molecule has 6 nitrogen and oxygen atoms in total. The summed E-state index contributed by atoms with van der Waals surface area (Å²) < 4.78 is 11.2. The second-order valence-corrected chi connectivity index (χ2v) is 6.87. The minimum atomic E-state index is 0.0462. The van der Waals surface area contributed by atoms with Crippen LogP contribution in [0.4, 0.5) is 0 Å². The van der Waals surface area contributed by atoms with Gasteiger partial charge in [-0.15, -0.1) is 0 Å². The molecule has 0 bridgehead atoms. The second-order valence-electron chi connectivity index (χ2n) is 6.87. The van der Waals surface area contributed by atoms with Gasteiger partial charge in [-0.05, 0) is 25.7 Å². The van der Waals surface area contributed by atoms with Gasteiger partial charge in [-0.3, -0.25) is 4.79 Å². The minimum Gasteiger partial charge on any atom is -0.367 e. The topological polar surface area (TPSA) is 68.5 Å². The van der Waals surface area contributed by atoms with Crippen LogP contribution in [0.3, 0.4) is 0 Å². The van der Waals surface area contributed by atoms with E-state index in [1.807, 2.05) is 35.2 Å². The highest BCUT2D eigenvalue weighted by molar-refractivity contribution is 5.79. The van der Waals surface area contributed by atoms with Gasteiger partial charge in [0.15, 0.2) is 0 Å². The van der Waals surface area contributed by atoms with Crippen molar-refractivity contribution in [1.82, 2.24) is 15.0 Å². The van der Waals surface area contributed by atoms with Gasteiger partial charge in [0.25, 0.3) is 5.89 Å². The largest absolute Gasteiger partial charge is 0.367 e. The van der Waals surface area contributed by atoms with Crippen LogP contribution in [0.15, 0.2) is 34.9 Å². The molecular formula is C19H23N3O3. The number of carbonyl (C=O) groups excluding carboxylic acids is 1. The lowest BCUT2D eigenvalue weighted by Crippen LogP contribution is -2.46. The van der Waals surface area contributed by atoms with Gasteiger partial charge in [-0.2, -0.15) is 4.98 Å². The molecule has 2 aliphatic rings. The molecule has 0 radical (unpaired) electrons. The maximum Gasteiger partial charge on any atom is 0.252 e. The Labute approximate surface area is 147 Å². The fourth-order valence-electron chi connectivity index (χ4n) is 3.39. The molecule has 4 rings (SSSR count). The number of ether oxygens (including phenoxy) is 1. The van der Waals surface area contributed by atoms with Crippen molar-refractivity contribution in [2.45, 2.75) is 44.8 Å². The van der Waals surface area contributed by atoms with Crippen molar-refractivity contribution < 1.29 is 14.1 Å². The van der Waals surface area contributed by atoms with E-state index in [1.54, 1.807) is 0 Å². The van der Waals surface area contributed by atoms with Gasteiger partial charge in [0, 0.05) is 24.6 Å². The Hall–Kier alpha value is -2.21. The van der Waals surface area contributed by atoms with Gasteiger partial charge < -0.3 is 14.2 Å². The fourth-order valence-corrected chi connectivity index (χ4v) is 3.39. The molecule has 2 fully saturated rings. The molecule has 1 aromatic heterocycles. The molecule has 1 atom stereocenters. The minimum absolute atomic E-state index is 0.0462. The van der Waals surface area contributed by atoms with E-state index in [-0.39, 0.29) is 18.6 Å². The highest BCUT2D eigenvalue weighted by atomic mass is 16.5. The van der Waals surface area contributed by atoms with Crippen molar-refractivity contribution in [1.29, 1.82) is 0 Å². The van der Waals surface area contributed by atoms with Crippen LogP contribution in [0.1, 0.15) is 38.0 Å². The lowest BCUT2D eigenvalue weighted by atomic mass is 9.84. The summed E-state index contributed by atoms with van der Waals surface area (Å²) in [6.45, 7) is 1.82. The number of hydrogen-bond donors (Lipinski definition) is 0. The number of carbonyl (C=O) groups is 1. The van der Waals surface area contributed by atoms with Crippen LogP contribution in [-0.2, 0) is 16.1 Å². The summed E-state index contributed by atoms with van der Waals surface area (Å²) in [7, 11) is 0. The number of piperidine rings is 1. The molecule has 1 aliphatic heterocycles. The molecule has 1 aliphatic carbocycles. The van der Waals surface area contributed by atoms with E-state index in [9.17, 15) is 4.79 Å². The highest BCUT2D eigenvalue weighted by Gasteiger charge is 2.32. The summed E-state index contributed by atoms with van der Waals surface area (Å²) in [6, 6.07) is 9.73. The molecule has 1 amide bonds. The average Bonchev–Trinajstić information content (AvgIpc) is 3.08. The Bertz CT molecular complexity index is 712. The normalized spacial score (nSPS) is 21.1. The van der Waals surface area contributed by atoms with Crippen LogP contribution in [-0.4, -0.2) is 40.1 Å². The predicted molar refractivity (Wildman–Crippen MR) is 91.5 cm³/mol. The number of benzene rings is 1. The number of rotatable bonds is 5. The summed E-state index contributed by atoms with van der Waals surface area (Å²) >= 11 is 0. The number of nitrogens with zero attached hydrogens (tertiary/aromatic N) is 3. The second kappa shape index (κ2) is 7.35. The van der Waals surface area contributed by atoms with Gasteiger partial charge in [0.1, 0.15) is 6.61 Å². The van der Waals surface area contributed by atoms with Gasteiger partial charge in [0.2, 0.25) is 11.7 Å². The molecular weight excluding hydrogens is 318 g/mol. The molecule has 0 spiro atoms. The summed E-state index contributed by atoms with van der Waals surface area (Å²) in [5.41, 5.74) is 0.924. The molecule has 1 unspecified atom stereocenters. The van der Waals surface area contributed by atoms with Crippen molar-refractivity contribution in [2.24, 2.45) is 5.92 Å². The van der Waals surface area contributed by atoms with Crippen LogP contribution in [0.2, 0.25) is 0 Å². The average molecular weight is 341 g/mol. The fraction of sp³-hybridized carbons (Fsp3) is 0.526. The van der Waals surface area contributed by atoms with E-state index in [0.29, 0.717) is 24.2 Å². The summed E-state index contributed by atoms with van der Waals surface area (Å²) in [4.78, 5) is 18.7. The SMILES string of the molecule is O=C(C1CCC1)N1CCCC(OCc2nc(-c3ccccc3)no2)C1. The van der Waals surface area contributed by atoms with E-state index in [0.717, 1.165) is 37.8 Å². The highest BCUT2D eigenvalue weighted by Crippen LogP contribution is 2.29. The zero-order valence-electron chi connectivity index (χ0n) is 14.3. The monoisotopic (exact) mass is 341 g/mol. The Kier molecular flexibility index (Phi) is 4.78. The molecule has 6 heteroatoms. The van der Waals surface area contributed by atoms with Crippen molar-refractivity contribution in [3.63, 3.8) is 0 Å². The van der Waals surface area contributed by atoms with Gasteiger partial charge in [-0.1, -0.05) is 41.9 Å². The third-order valence-electron chi connectivity index (χ3n) is 5.09. The quantitative estimate of drug-likeness (QED) is 0.836. The standard InChI is InChI=1S/C19H23N3O3/c23-19(15-8-4-9-15)22-11-5-10-16(12-22)24-13-17-20-18(21-25-17)14-6-2-1-3-7-14/h1-3,6-7,15-16H,4-5,8-13H2. The summed E-state index contributed by atoms with van der Waals surface area (Å²) in [6.07, 6.45) is 5.28. The molecule has 1 saturated heterocycles. The van der Waals surface area contributed by atoms with Crippen LogP contribution < -0.4 is 0 Å². The number of amides is 1. The van der Waals surface area contributed by atoms with Crippen LogP contribution in [0, 0.1) is 5.92 Å². The first kappa shape index (κ1) is 16.3. The van der Waals surface area contributed by atoms with E-state index < -0.39 is 0 Å². The Balaban J connectivity index is 1.30. The molecule has 25 heavy (non-hydrogen) atoms. The first-order valence-electron chi connectivity index (χ1n) is 9.08. The third kappa shape index (κ3) is 3.74. The van der Waals surface area contributed by atoms with Crippen LogP contribution in [0.5, 0.6) is 0 Å². The first-order valence-corrected chi connectivity index (χ1v) is 9.08. The van der Waals surface area contributed by atoms with Gasteiger partial charge >= 0.3 is 0 Å². The van der Waals surface area contributed by atoms with Crippen LogP contribution >= 0.6 is 0 Å². The Morgan fingerprint density at radius 1 is 1.20 bits per heavy atom. The van der Waals surface area contributed by atoms with E-state index >= 15 is 0 Å². The van der Waals surface area contributed by atoms with E-state index in [1.165, 1.54) is 6.42 Å². The maximum atomic E-state index is 12.4. The van der Waals surface area contributed by atoms with Crippen molar-refractivity contribution in [3.8, 4) is 11.4 Å². The van der Waals surface area contributed by atoms with E-state index in [4.69, 9.17) is 9.26 Å². The zero-order chi connectivity index (χ0) is 17.1. The van der Waals surface area contributed by atoms with Gasteiger partial charge in [0.05, 0.1) is 6.10 Å². The molecule has 1 saturated carbocycles. The smallest absolute Gasteiger partial charge is 0.252 e. The number of aromatic nitrogens is 2. The van der Waals surface area contributed by atoms with Crippen molar-refractivity contribution in [3.05, 3.63) is 36.2 Å².